The van der Waals surface area contributed by atoms with E-state index in [4.69, 9.17) is 4.74 Å². The van der Waals surface area contributed by atoms with E-state index >= 15 is 0 Å². The van der Waals surface area contributed by atoms with Crippen LogP contribution < -0.4 is 10.1 Å². The molecule has 162 valence electrons. The first kappa shape index (κ1) is 21.5. The summed E-state index contributed by atoms with van der Waals surface area (Å²) in [6, 6.07) is 16.2. The van der Waals surface area contributed by atoms with Crippen molar-refractivity contribution >= 4 is 22.4 Å². The van der Waals surface area contributed by atoms with Gasteiger partial charge in [-0.05, 0) is 55.6 Å². The van der Waals surface area contributed by atoms with Crippen LogP contribution in [0.5, 0.6) is 5.75 Å². The van der Waals surface area contributed by atoms with Gasteiger partial charge < -0.3 is 10.1 Å². The Bertz CT molecular complexity index is 994. The van der Waals surface area contributed by atoms with E-state index in [0.29, 0.717) is 18.2 Å². The number of aryl methyl sites for hydroxylation is 1. The van der Waals surface area contributed by atoms with Gasteiger partial charge in [-0.25, -0.2) is 4.98 Å². The monoisotopic (exact) mass is 435 g/mol. The molecule has 1 aromatic heterocycles. The third kappa shape index (κ3) is 6.15. The maximum absolute atomic E-state index is 12.5. The first-order valence-corrected chi connectivity index (χ1v) is 11.9. The lowest BCUT2D eigenvalue weighted by molar-refractivity contribution is -0.115. The zero-order valence-electron chi connectivity index (χ0n) is 18.0. The van der Waals surface area contributed by atoms with E-state index in [0.717, 1.165) is 35.5 Å². The molecule has 0 atom stereocenters. The molecule has 1 aliphatic heterocycles. The summed E-state index contributed by atoms with van der Waals surface area (Å²) in [5.74, 6) is 0.744. The van der Waals surface area contributed by atoms with Crippen LogP contribution in [0.25, 0.3) is 11.3 Å². The number of nitrogens with one attached hydrogen (secondary N) is 1. The second kappa shape index (κ2) is 10.6. The standard InChI is InChI=1S/C25H29N3O2S/c1-2-19-8-10-21(11-9-19)23-18-31-25(26-23)27-24(29)17-20-6-5-7-22(16-20)30-15-14-28-12-3-4-13-28/h5-11,16,18H,2-4,12-15,17H2,1H3,(H,26,27,29). The number of likely N-dealkylation sites (tertiary alicyclic amines) is 1. The zero-order chi connectivity index (χ0) is 21.5. The minimum absolute atomic E-state index is 0.0727. The number of nitrogens with zero attached hydrogens (tertiary/aromatic N) is 2. The van der Waals surface area contributed by atoms with Crippen LogP contribution >= 0.6 is 11.3 Å². The minimum atomic E-state index is -0.0727. The topological polar surface area (TPSA) is 54.5 Å². The molecule has 3 aromatic rings. The molecule has 2 heterocycles. The van der Waals surface area contributed by atoms with E-state index in [1.165, 1.54) is 42.8 Å². The van der Waals surface area contributed by atoms with Gasteiger partial charge in [-0.2, -0.15) is 0 Å². The molecule has 1 saturated heterocycles. The smallest absolute Gasteiger partial charge is 0.230 e. The number of thiazole rings is 1. The van der Waals surface area contributed by atoms with Gasteiger partial charge in [-0.15, -0.1) is 11.3 Å². The average Bonchev–Trinajstić information content (AvgIpc) is 3.46. The lowest BCUT2D eigenvalue weighted by Gasteiger charge is -2.15. The average molecular weight is 436 g/mol. The summed E-state index contributed by atoms with van der Waals surface area (Å²) in [6.45, 7) is 6.12. The highest BCUT2D eigenvalue weighted by Gasteiger charge is 2.12. The number of aromatic nitrogens is 1. The fourth-order valence-electron chi connectivity index (χ4n) is 3.77. The highest BCUT2D eigenvalue weighted by Crippen LogP contribution is 2.25. The number of rotatable bonds is 9. The number of anilines is 1. The number of benzene rings is 2. The molecule has 1 aliphatic rings. The maximum atomic E-state index is 12.5. The lowest BCUT2D eigenvalue weighted by Crippen LogP contribution is -2.25. The van der Waals surface area contributed by atoms with Gasteiger partial charge >= 0.3 is 0 Å². The quantitative estimate of drug-likeness (QED) is 0.512. The summed E-state index contributed by atoms with van der Waals surface area (Å²) in [4.78, 5) is 19.5. The molecule has 31 heavy (non-hydrogen) atoms. The van der Waals surface area contributed by atoms with E-state index in [-0.39, 0.29) is 5.91 Å². The lowest BCUT2D eigenvalue weighted by atomic mass is 10.1. The molecule has 1 N–H and O–H groups in total. The molecule has 5 nitrogen and oxygen atoms in total. The van der Waals surface area contributed by atoms with E-state index in [1.54, 1.807) is 0 Å². The molecule has 6 heteroatoms. The first-order chi connectivity index (χ1) is 15.2. The maximum Gasteiger partial charge on any atom is 0.230 e. The van der Waals surface area contributed by atoms with Crippen molar-refractivity contribution in [2.75, 3.05) is 31.6 Å². The second-order valence-corrected chi connectivity index (χ2v) is 8.72. The fourth-order valence-corrected chi connectivity index (χ4v) is 4.50. The molecule has 1 amide bonds. The second-order valence-electron chi connectivity index (χ2n) is 7.86. The molecule has 2 aromatic carbocycles. The molecule has 0 spiro atoms. The van der Waals surface area contributed by atoms with Crippen molar-refractivity contribution in [2.24, 2.45) is 0 Å². The van der Waals surface area contributed by atoms with Gasteiger partial charge in [0, 0.05) is 17.5 Å². The van der Waals surface area contributed by atoms with Gasteiger partial charge in [0.05, 0.1) is 12.1 Å². The van der Waals surface area contributed by atoms with Gasteiger partial charge in [0.2, 0.25) is 5.91 Å². The number of hydrogen-bond donors (Lipinski definition) is 1. The molecular formula is C25H29N3O2S. The Balaban J connectivity index is 1.29. The van der Waals surface area contributed by atoms with Crippen molar-refractivity contribution in [3.63, 3.8) is 0 Å². The Kier molecular flexibility index (Phi) is 7.33. The van der Waals surface area contributed by atoms with Crippen LogP contribution in [0, 0.1) is 0 Å². The number of ether oxygens (including phenoxy) is 1. The van der Waals surface area contributed by atoms with Gasteiger partial charge in [0.15, 0.2) is 5.13 Å². The predicted molar refractivity (Wildman–Crippen MR) is 127 cm³/mol. The Morgan fingerprint density at radius 2 is 1.94 bits per heavy atom. The summed E-state index contributed by atoms with van der Waals surface area (Å²) in [7, 11) is 0. The fraction of sp³-hybridized carbons (Fsp3) is 0.360. The van der Waals surface area contributed by atoms with Crippen LogP contribution in [0.3, 0.4) is 0 Å². The van der Waals surface area contributed by atoms with E-state index < -0.39 is 0 Å². The van der Waals surface area contributed by atoms with E-state index in [9.17, 15) is 4.79 Å². The molecule has 0 saturated carbocycles. The molecule has 0 bridgehead atoms. The van der Waals surface area contributed by atoms with Gasteiger partial charge in [-0.3, -0.25) is 9.69 Å². The SMILES string of the molecule is CCc1ccc(-c2csc(NC(=O)Cc3cccc(OCCN4CCCC4)c3)n2)cc1. The van der Waals surface area contributed by atoms with E-state index in [1.807, 2.05) is 29.6 Å². The number of hydrogen-bond acceptors (Lipinski definition) is 5. The number of carbonyl (C=O) groups excluding carboxylic acids is 1. The third-order valence-electron chi connectivity index (χ3n) is 5.55. The molecular weight excluding hydrogens is 406 g/mol. The van der Waals surface area contributed by atoms with Crippen molar-refractivity contribution < 1.29 is 9.53 Å². The summed E-state index contributed by atoms with van der Waals surface area (Å²) in [6.07, 6.45) is 3.89. The Morgan fingerprint density at radius 1 is 1.13 bits per heavy atom. The van der Waals surface area contributed by atoms with Gasteiger partial charge in [-0.1, -0.05) is 43.3 Å². The molecule has 4 rings (SSSR count). The molecule has 0 radical (unpaired) electrons. The number of amides is 1. The van der Waals surface area contributed by atoms with Crippen LogP contribution in [0.15, 0.2) is 53.9 Å². The summed E-state index contributed by atoms with van der Waals surface area (Å²) < 4.78 is 5.89. The molecule has 1 fully saturated rings. The van der Waals surface area contributed by atoms with Crippen molar-refractivity contribution in [2.45, 2.75) is 32.6 Å². The van der Waals surface area contributed by atoms with Crippen LogP contribution in [-0.2, 0) is 17.6 Å². The van der Waals surface area contributed by atoms with Crippen LogP contribution in [0.4, 0.5) is 5.13 Å². The van der Waals surface area contributed by atoms with Crippen molar-refractivity contribution in [3.8, 4) is 17.0 Å². The predicted octanol–water partition coefficient (Wildman–Crippen LogP) is 5.03. The van der Waals surface area contributed by atoms with Gasteiger partial charge in [0.1, 0.15) is 12.4 Å². The normalized spacial score (nSPS) is 14.0. The summed E-state index contributed by atoms with van der Waals surface area (Å²) in [5.41, 5.74) is 4.18. The Morgan fingerprint density at radius 3 is 2.71 bits per heavy atom. The zero-order valence-corrected chi connectivity index (χ0v) is 18.8. The summed E-state index contributed by atoms with van der Waals surface area (Å²) in [5, 5.41) is 5.52. The van der Waals surface area contributed by atoms with E-state index in [2.05, 4.69) is 46.4 Å². The highest BCUT2D eigenvalue weighted by atomic mass is 32.1. The molecule has 0 aliphatic carbocycles. The van der Waals surface area contributed by atoms with Crippen molar-refractivity contribution in [1.29, 1.82) is 0 Å². The summed E-state index contributed by atoms with van der Waals surface area (Å²) >= 11 is 1.45. The van der Waals surface area contributed by atoms with Crippen molar-refractivity contribution in [3.05, 3.63) is 65.0 Å². The largest absolute Gasteiger partial charge is 0.492 e. The number of carbonyl (C=O) groups is 1. The Labute approximate surface area is 188 Å². The van der Waals surface area contributed by atoms with Gasteiger partial charge in [0.25, 0.3) is 0 Å². The van der Waals surface area contributed by atoms with Crippen LogP contribution in [0.2, 0.25) is 0 Å². The third-order valence-corrected chi connectivity index (χ3v) is 6.30. The first-order valence-electron chi connectivity index (χ1n) is 11.0. The Hall–Kier alpha value is -2.70. The van der Waals surface area contributed by atoms with Crippen LogP contribution in [-0.4, -0.2) is 42.0 Å². The van der Waals surface area contributed by atoms with Crippen LogP contribution in [0.1, 0.15) is 30.9 Å². The minimum Gasteiger partial charge on any atom is -0.492 e. The van der Waals surface area contributed by atoms with Crippen molar-refractivity contribution in [1.82, 2.24) is 9.88 Å². The molecule has 0 unspecified atom stereocenters. The highest BCUT2D eigenvalue weighted by molar-refractivity contribution is 7.14.